The van der Waals surface area contributed by atoms with Crippen LogP contribution in [0.2, 0.25) is 0 Å². The topological polar surface area (TPSA) is 21.3 Å². The molecule has 0 bridgehead atoms. The van der Waals surface area contributed by atoms with Gasteiger partial charge in [-0.15, -0.1) is 11.6 Å². The SMILES string of the molecule is COCCC(C)NC(CCCl)C(C)(C)C. The molecule has 0 heterocycles. The van der Waals surface area contributed by atoms with Crippen LogP contribution < -0.4 is 5.32 Å². The van der Waals surface area contributed by atoms with Crippen molar-refractivity contribution >= 4 is 11.6 Å². The molecule has 0 radical (unpaired) electrons. The number of hydrogen-bond donors (Lipinski definition) is 1. The maximum absolute atomic E-state index is 5.83. The summed E-state index contributed by atoms with van der Waals surface area (Å²) in [7, 11) is 1.74. The summed E-state index contributed by atoms with van der Waals surface area (Å²) < 4.78 is 5.07. The summed E-state index contributed by atoms with van der Waals surface area (Å²) in [6, 6.07) is 0.958. The van der Waals surface area contributed by atoms with Crippen molar-refractivity contribution in [2.45, 2.75) is 52.6 Å². The Bertz CT molecular complexity index is 156. The van der Waals surface area contributed by atoms with Gasteiger partial charge in [-0.3, -0.25) is 0 Å². The average Bonchev–Trinajstić information content (AvgIpc) is 2.12. The van der Waals surface area contributed by atoms with E-state index in [-0.39, 0.29) is 5.41 Å². The third kappa shape index (κ3) is 7.15. The molecular formula is C12H26ClNO. The molecule has 0 aromatic carbocycles. The molecule has 0 saturated carbocycles. The van der Waals surface area contributed by atoms with E-state index in [2.05, 4.69) is 33.0 Å². The Morgan fingerprint density at radius 2 is 1.87 bits per heavy atom. The summed E-state index contributed by atoms with van der Waals surface area (Å²) in [4.78, 5) is 0. The van der Waals surface area contributed by atoms with Gasteiger partial charge in [0, 0.05) is 31.7 Å². The molecule has 3 heteroatoms. The van der Waals surface area contributed by atoms with Crippen molar-refractivity contribution in [3.63, 3.8) is 0 Å². The van der Waals surface area contributed by atoms with E-state index in [9.17, 15) is 0 Å². The summed E-state index contributed by atoms with van der Waals surface area (Å²) >= 11 is 5.83. The monoisotopic (exact) mass is 235 g/mol. The molecule has 1 N–H and O–H groups in total. The number of methoxy groups -OCH3 is 1. The maximum atomic E-state index is 5.83. The molecule has 0 spiro atoms. The van der Waals surface area contributed by atoms with Crippen LogP contribution in [0.4, 0.5) is 0 Å². The van der Waals surface area contributed by atoms with Crippen molar-refractivity contribution in [3.8, 4) is 0 Å². The fourth-order valence-corrected chi connectivity index (χ4v) is 1.82. The van der Waals surface area contributed by atoms with Crippen molar-refractivity contribution in [1.82, 2.24) is 5.32 Å². The van der Waals surface area contributed by atoms with Crippen LogP contribution in [0, 0.1) is 5.41 Å². The molecule has 15 heavy (non-hydrogen) atoms. The van der Waals surface area contributed by atoms with Gasteiger partial charge in [-0.2, -0.15) is 0 Å². The zero-order chi connectivity index (χ0) is 11.9. The Morgan fingerprint density at radius 3 is 2.27 bits per heavy atom. The van der Waals surface area contributed by atoms with Gasteiger partial charge in [0.15, 0.2) is 0 Å². The standard InChI is InChI=1S/C12H26ClNO/c1-10(7-9-15-5)14-11(6-8-13)12(2,3)4/h10-11,14H,6-9H2,1-5H3. The van der Waals surface area contributed by atoms with Crippen LogP contribution in [-0.2, 0) is 4.74 Å². The van der Waals surface area contributed by atoms with E-state index in [0.29, 0.717) is 18.0 Å². The molecule has 2 nitrogen and oxygen atoms in total. The lowest BCUT2D eigenvalue weighted by molar-refractivity contribution is 0.171. The van der Waals surface area contributed by atoms with E-state index in [1.54, 1.807) is 7.11 Å². The van der Waals surface area contributed by atoms with E-state index in [1.165, 1.54) is 0 Å². The molecule has 2 atom stereocenters. The van der Waals surface area contributed by atoms with E-state index in [4.69, 9.17) is 16.3 Å². The minimum atomic E-state index is 0.260. The van der Waals surface area contributed by atoms with Gasteiger partial charge in [0.2, 0.25) is 0 Å². The second kappa shape index (κ2) is 7.48. The Morgan fingerprint density at radius 1 is 1.27 bits per heavy atom. The molecule has 0 aliphatic carbocycles. The minimum Gasteiger partial charge on any atom is -0.385 e. The predicted octanol–water partition coefficient (Wildman–Crippen LogP) is 3.04. The number of ether oxygens (including phenoxy) is 1. The molecule has 0 saturated heterocycles. The van der Waals surface area contributed by atoms with Crippen LogP contribution in [0.25, 0.3) is 0 Å². The first-order valence-electron chi connectivity index (χ1n) is 5.72. The summed E-state index contributed by atoms with van der Waals surface area (Å²) in [5.74, 6) is 0.714. The van der Waals surface area contributed by atoms with E-state index in [0.717, 1.165) is 19.4 Å². The minimum absolute atomic E-state index is 0.260. The fourth-order valence-electron chi connectivity index (χ4n) is 1.60. The van der Waals surface area contributed by atoms with Crippen molar-refractivity contribution < 1.29 is 4.74 Å². The smallest absolute Gasteiger partial charge is 0.0476 e. The van der Waals surface area contributed by atoms with Crippen LogP contribution in [0.3, 0.4) is 0 Å². The molecule has 0 aromatic heterocycles. The summed E-state index contributed by atoms with van der Waals surface area (Å²) in [6.07, 6.45) is 2.06. The van der Waals surface area contributed by atoms with E-state index in [1.807, 2.05) is 0 Å². The average molecular weight is 236 g/mol. The Labute approximate surface area is 99.7 Å². The summed E-state index contributed by atoms with van der Waals surface area (Å²) in [6.45, 7) is 9.76. The number of nitrogens with one attached hydrogen (secondary N) is 1. The van der Waals surface area contributed by atoms with E-state index >= 15 is 0 Å². The second-order valence-electron chi connectivity index (χ2n) is 5.25. The van der Waals surface area contributed by atoms with Gasteiger partial charge in [0.1, 0.15) is 0 Å². The van der Waals surface area contributed by atoms with Crippen molar-refractivity contribution in [2.24, 2.45) is 5.41 Å². The summed E-state index contributed by atoms with van der Waals surface area (Å²) in [5.41, 5.74) is 0.260. The Balaban J connectivity index is 4.04. The highest BCUT2D eigenvalue weighted by Gasteiger charge is 2.24. The van der Waals surface area contributed by atoms with Crippen molar-refractivity contribution in [2.75, 3.05) is 19.6 Å². The quantitative estimate of drug-likeness (QED) is 0.685. The maximum Gasteiger partial charge on any atom is 0.0476 e. The lowest BCUT2D eigenvalue weighted by Gasteiger charge is -2.33. The van der Waals surface area contributed by atoms with Gasteiger partial charge >= 0.3 is 0 Å². The number of halogens is 1. The highest BCUT2D eigenvalue weighted by atomic mass is 35.5. The first kappa shape index (κ1) is 15.2. The van der Waals surface area contributed by atoms with Crippen LogP contribution in [0.1, 0.15) is 40.5 Å². The Kier molecular flexibility index (Phi) is 7.58. The number of hydrogen-bond acceptors (Lipinski definition) is 2. The molecular weight excluding hydrogens is 210 g/mol. The number of alkyl halides is 1. The zero-order valence-electron chi connectivity index (χ0n) is 10.8. The predicted molar refractivity (Wildman–Crippen MR) is 67.7 cm³/mol. The molecule has 92 valence electrons. The van der Waals surface area contributed by atoms with Gasteiger partial charge in [0.25, 0.3) is 0 Å². The largest absolute Gasteiger partial charge is 0.385 e. The fraction of sp³-hybridized carbons (Fsp3) is 1.00. The van der Waals surface area contributed by atoms with Crippen LogP contribution in [0.15, 0.2) is 0 Å². The first-order valence-corrected chi connectivity index (χ1v) is 6.26. The van der Waals surface area contributed by atoms with Gasteiger partial charge in [-0.05, 0) is 25.2 Å². The van der Waals surface area contributed by atoms with Crippen LogP contribution in [-0.4, -0.2) is 31.7 Å². The zero-order valence-corrected chi connectivity index (χ0v) is 11.5. The molecule has 0 rings (SSSR count). The van der Waals surface area contributed by atoms with Gasteiger partial charge in [-0.1, -0.05) is 20.8 Å². The lowest BCUT2D eigenvalue weighted by Crippen LogP contribution is -2.45. The lowest BCUT2D eigenvalue weighted by atomic mass is 9.84. The molecule has 0 aliphatic heterocycles. The highest BCUT2D eigenvalue weighted by molar-refractivity contribution is 6.17. The third-order valence-corrected chi connectivity index (χ3v) is 2.90. The summed E-state index contributed by atoms with van der Waals surface area (Å²) in [5, 5.41) is 3.63. The molecule has 0 amide bonds. The highest BCUT2D eigenvalue weighted by Crippen LogP contribution is 2.22. The Hall–Kier alpha value is 0.210. The van der Waals surface area contributed by atoms with E-state index < -0.39 is 0 Å². The van der Waals surface area contributed by atoms with Crippen molar-refractivity contribution in [1.29, 1.82) is 0 Å². The second-order valence-corrected chi connectivity index (χ2v) is 5.62. The van der Waals surface area contributed by atoms with Crippen LogP contribution >= 0.6 is 11.6 Å². The van der Waals surface area contributed by atoms with Crippen LogP contribution in [0.5, 0.6) is 0 Å². The van der Waals surface area contributed by atoms with Gasteiger partial charge in [0.05, 0.1) is 0 Å². The first-order chi connectivity index (χ1) is 6.91. The van der Waals surface area contributed by atoms with Gasteiger partial charge < -0.3 is 10.1 Å². The molecule has 0 aromatic rings. The molecule has 2 unspecified atom stereocenters. The third-order valence-electron chi connectivity index (χ3n) is 2.68. The van der Waals surface area contributed by atoms with Crippen molar-refractivity contribution in [3.05, 3.63) is 0 Å². The normalized spacial score (nSPS) is 16.4. The molecule has 0 aliphatic rings. The molecule has 0 fully saturated rings. The van der Waals surface area contributed by atoms with Gasteiger partial charge in [-0.25, -0.2) is 0 Å². The number of rotatable bonds is 7.